The minimum absolute atomic E-state index is 0.205. The van der Waals surface area contributed by atoms with Gasteiger partial charge in [-0.05, 0) is 23.3 Å². The van der Waals surface area contributed by atoms with Crippen LogP contribution in [0.25, 0.3) is 0 Å². The molecule has 0 N–H and O–H groups in total. The van der Waals surface area contributed by atoms with Crippen molar-refractivity contribution in [1.29, 1.82) is 0 Å². The predicted molar refractivity (Wildman–Crippen MR) is 58.6 cm³/mol. The monoisotopic (exact) mass is 266 g/mol. The molecule has 0 saturated carbocycles. The van der Waals surface area contributed by atoms with Crippen molar-refractivity contribution >= 4 is 31.3 Å². The van der Waals surface area contributed by atoms with E-state index >= 15 is 0 Å². The Morgan fingerprint density at radius 3 is 2.87 bits per heavy atom. The zero-order valence-corrected chi connectivity index (χ0v) is 9.94. The molecule has 2 rings (SSSR count). The van der Waals surface area contributed by atoms with Crippen LogP contribution in [0, 0.1) is 0 Å². The molecule has 82 valence electrons. The Kier molecular flexibility index (Phi) is 2.94. The van der Waals surface area contributed by atoms with E-state index in [1.165, 1.54) is 0 Å². The predicted octanol–water partition coefficient (Wildman–Crippen LogP) is 2.48. The van der Waals surface area contributed by atoms with Crippen LogP contribution >= 0.6 is 22.3 Å². The van der Waals surface area contributed by atoms with Gasteiger partial charge >= 0.3 is 0 Å². The molecule has 1 aliphatic rings. The van der Waals surface area contributed by atoms with E-state index in [1.54, 1.807) is 18.2 Å². The maximum Gasteiger partial charge on any atom is 0.235 e. The number of fused-ring (bicyclic) bond motifs is 1. The van der Waals surface area contributed by atoms with Crippen LogP contribution in [-0.4, -0.2) is 14.2 Å². The Hall–Kier alpha value is -0.290. The molecule has 1 heterocycles. The lowest BCUT2D eigenvalue weighted by Gasteiger charge is -2.08. The summed E-state index contributed by atoms with van der Waals surface area (Å²) in [6.07, 6.45) is -0.472. The lowest BCUT2D eigenvalue weighted by Crippen LogP contribution is -2.08. The van der Waals surface area contributed by atoms with Gasteiger partial charge in [0.15, 0.2) is 0 Å². The summed E-state index contributed by atoms with van der Waals surface area (Å²) in [5, 5.41) is 0.617. The van der Waals surface area contributed by atoms with Crippen molar-refractivity contribution in [3.05, 3.63) is 34.3 Å². The van der Waals surface area contributed by atoms with Crippen molar-refractivity contribution in [2.75, 3.05) is 5.75 Å². The summed E-state index contributed by atoms with van der Waals surface area (Å²) >= 11 is 5.80. The SMILES string of the molecule is O=S(=O)(Cl)CC1OCc2cc(Cl)ccc21. The van der Waals surface area contributed by atoms with Gasteiger partial charge in [-0.15, -0.1) is 0 Å². The molecule has 1 aliphatic heterocycles. The van der Waals surface area contributed by atoms with Crippen molar-refractivity contribution < 1.29 is 13.2 Å². The number of hydrogen-bond acceptors (Lipinski definition) is 3. The second-order valence-electron chi connectivity index (χ2n) is 3.35. The summed E-state index contributed by atoms with van der Waals surface area (Å²) in [6, 6.07) is 5.26. The van der Waals surface area contributed by atoms with Crippen molar-refractivity contribution in [2.45, 2.75) is 12.7 Å². The van der Waals surface area contributed by atoms with Crippen molar-refractivity contribution in [2.24, 2.45) is 0 Å². The molecule has 0 saturated heterocycles. The molecule has 0 radical (unpaired) electrons. The highest BCUT2D eigenvalue weighted by Crippen LogP contribution is 2.33. The summed E-state index contributed by atoms with van der Waals surface area (Å²) < 4.78 is 27.2. The third-order valence-electron chi connectivity index (χ3n) is 2.24. The molecule has 0 amide bonds. The fraction of sp³-hybridized carbons (Fsp3) is 0.333. The van der Waals surface area contributed by atoms with Gasteiger partial charge in [0.25, 0.3) is 0 Å². The molecule has 0 spiro atoms. The molecule has 1 unspecified atom stereocenters. The summed E-state index contributed by atoms with van der Waals surface area (Å²) in [7, 11) is 1.63. The Labute approximate surface area is 97.4 Å². The van der Waals surface area contributed by atoms with Gasteiger partial charge in [0.1, 0.15) is 0 Å². The number of halogens is 2. The van der Waals surface area contributed by atoms with Crippen LogP contribution in [0.4, 0.5) is 0 Å². The highest BCUT2D eigenvalue weighted by molar-refractivity contribution is 8.13. The first-order valence-corrected chi connectivity index (χ1v) is 7.13. The molecule has 6 heteroatoms. The van der Waals surface area contributed by atoms with Crippen molar-refractivity contribution in [3.8, 4) is 0 Å². The topological polar surface area (TPSA) is 43.4 Å². The van der Waals surface area contributed by atoms with Crippen LogP contribution in [0.2, 0.25) is 5.02 Å². The van der Waals surface area contributed by atoms with Crippen LogP contribution in [0.5, 0.6) is 0 Å². The van der Waals surface area contributed by atoms with Crippen LogP contribution in [0.15, 0.2) is 18.2 Å². The molecule has 3 nitrogen and oxygen atoms in total. The van der Waals surface area contributed by atoms with Crippen molar-refractivity contribution in [1.82, 2.24) is 0 Å². The normalized spacial score (nSPS) is 20.3. The molecular formula is C9H8Cl2O3S. The van der Waals surface area contributed by atoms with Gasteiger partial charge in [-0.3, -0.25) is 0 Å². The highest BCUT2D eigenvalue weighted by Gasteiger charge is 2.27. The average molecular weight is 267 g/mol. The van der Waals surface area contributed by atoms with Gasteiger partial charge in [-0.25, -0.2) is 8.42 Å². The number of hydrogen-bond donors (Lipinski definition) is 0. The summed E-state index contributed by atoms with van der Waals surface area (Å²) in [5.41, 5.74) is 1.77. The Morgan fingerprint density at radius 1 is 1.47 bits per heavy atom. The van der Waals surface area contributed by atoms with Gasteiger partial charge in [0, 0.05) is 15.7 Å². The first-order valence-electron chi connectivity index (χ1n) is 4.28. The first kappa shape index (κ1) is 11.2. The molecule has 1 atom stereocenters. The highest BCUT2D eigenvalue weighted by atomic mass is 35.7. The average Bonchev–Trinajstić information content (AvgIpc) is 2.45. The summed E-state index contributed by atoms with van der Waals surface area (Å²) in [4.78, 5) is 0. The quantitative estimate of drug-likeness (QED) is 0.773. The lowest BCUT2D eigenvalue weighted by atomic mass is 10.1. The maximum absolute atomic E-state index is 10.9. The number of benzene rings is 1. The van der Waals surface area contributed by atoms with Gasteiger partial charge in [-0.1, -0.05) is 17.7 Å². The minimum Gasteiger partial charge on any atom is -0.368 e. The summed E-state index contributed by atoms with van der Waals surface area (Å²) in [6.45, 7) is 0.382. The zero-order valence-electron chi connectivity index (χ0n) is 7.61. The molecule has 0 aromatic heterocycles. The summed E-state index contributed by atoms with van der Waals surface area (Å²) in [5.74, 6) is -0.205. The van der Waals surface area contributed by atoms with E-state index in [4.69, 9.17) is 27.0 Å². The minimum atomic E-state index is -3.55. The third kappa shape index (κ3) is 2.64. The van der Waals surface area contributed by atoms with Crippen LogP contribution in [0.3, 0.4) is 0 Å². The zero-order chi connectivity index (χ0) is 11.1. The van der Waals surface area contributed by atoms with Crippen LogP contribution in [0.1, 0.15) is 17.2 Å². The molecule has 1 aromatic carbocycles. The Bertz CT molecular complexity index is 484. The van der Waals surface area contributed by atoms with E-state index in [-0.39, 0.29) is 5.75 Å². The van der Waals surface area contributed by atoms with E-state index in [9.17, 15) is 8.42 Å². The Morgan fingerprint density at radius 2 is 2.20 bits per heavy atom. The molecule has 0 fully saturated rings. The van der Waals surface area contributed by atoms with Crippen LogP contribution < -0.4 is 0 Å². The maximum atomic E-state index is 10.9. The molecule has 1 aromatic rings. The third-order valence-corrected chi connectivity index (χ3v) is 3.56. The van der Waals surface area contributed by atoms with Gasteiger partial charge in [0.2, 0.25) is 9.05 Å². The smallest absolute Gasteiger partial charge is 0.235 e. The Balaban J connectivity index is 2.29. The van der Waals surface area contributed by atoms with E-state index < -0.39 is 15.2 Å². The van der Waals surface area contributed by atoms with Gasteiger partial charge in [0.05, 0.1) is 18.5 Å². The van der Waals surface area contributed by atoms with Gasteiger partial charge in [-0.2, -0.15) is 0 Å². The van der Waals surface area contributed by atoms with E-state index in [0.29, 0.717) is 11.6 Å². The molecular weight excluding hydrogens is 259 g/mol. The van der Waals surface area contributed by atoms with Gasteiger partial charge < -0.3 is 4.74 Å². The first-order chi connectivity index (χ1) is 6.96. The fourth-order valence-electron chi connectivity index (χ4n) is 1.61. The standard InChI is InChI=1S/C9H8Cl2O3S/c10-7-1-2-8-6(3-7)4-14-9(8)5-15(11,12)13/h1-3,9H,4-5H2. The molecule has 0 bridgehead atoms. The number of ether oxygens (including phenoxy) is 1. The van der Waals surface area contributed by atoms with E-state index in [1.807, 2.05) is 0 Å². The molecule has 15 heavy (non-hydrogen) atoms. The van der Waals surface area contributed by atoms with Crippen molar-refractivity contribution in [3.63, 3.8) is 0 Å². The largest absolute Gasteiger partial charge is 0.368 e. The van der Waals surface area contributed by atoms with E-state index in [2.05, 4.69) is 0 Å². The second-order valence-corrected chi connectivity index (χ2v) is 6.61. The molecule has 0 aliphatic carbocycles. The van der Waals surface area contributed by atoms with Crippen LogP contribution in [-0.2, 0) is 20.4 Å². The lowest BCUT2D eigenvalue weighted by molar-refractivity contribution is 0.0819. The second kappa shape index (κ2) is 3.94. The number of rotatable bonds is 2. The van der Waals surface area contributed by atoms with E-state index in [0.717, 1.165) is 11.1 Å². The fourth-order valence-corrected chi connectivity index (χ4v) is 2.79.